The maximum atomic E-state index is 14.8. The molecular weight excluding hydrogens is 914 g/mol. The second-order valence-corrected chi connectivity index (χ2v) is 19.1. The van der Waals surface area contributed by atoms with Crippen LogP contribution in [0, 0.1) is 29.7 Å². The third kappa shape index (κ3) is 10.0. The molecule has 342 valence electrons. The molecule has 2 amide bonds. The van der Waals surface area contributed by atoms with E-state index in [9.17, 15) is 28.8 Å². The van der Waals surface area contributed by atoms with E-state index in [-0.39, 0.29) is 61.0 Å². The van der Waals surface area contributed by atoms with Crippen LogP contribution in [0.25, 0.3) is 27.0 Å². The van der Waals surface area contributed by atoms with Crippen LogP contribution < -0.4 is 16.2 Å². The van der Waals surface area contributed by atoms with Gasteiger partial charge in [0.2, 0.25) is 18.4 Å². The molecule has 1 aromatic carbocycles. The minimum Gasteiger partial charge on any atom is -0.364 e. The standard InChI is InChI=1S/C37H40N12O13P2S/c1-19(2)33(50)44-37-43-32-28(35(52)45-37)46-48-49(32)36-29-20(3)24(60-36)16-57-63(53,55-13-8-11-38)61-22-15-23(59-25(22)17-58-64(54,62-29)56-14-12-39-4)30-26-27(47-65-30)31(41-18-40-26)42-34(51)21-9-6-5-7-10-21/h5-7,9-10,18-20,22-25,29,36H,8,12-17H2,1-3H3,(H,40,41,42,51)(H2,43,44,45,50,52)/t20-,22+,23-,24-,25-,29-,36-,63?,64?/m1/s1. The summed E-state index contributed by atoms with van der Waals surface area (Å²) in [6.07, 6.45) is -5.88. The van der Waals surface area contributed by atoms with Crippen LogP contribution in [-0.2, 0) is 50.5 Å². The quantitative estimate of drug-likeness (QED) is 0.0865. The lowest BCUT2D eigenvalue weighted by atomic mass is 10.0. The molecule has 0 spiro atoms. The number of amides is 2. The lowest BCUT2D eigenvalue weighted by molar-refractivity contribution is -0.118. The minimum absolute atomic E-state index is 0.0219. The first kappa shape index (κ1) is 46.1. The van der Waals surface area contributed by atoms with E-state index in [0.29, 0.717) is 16.0 Å². The summed E-state index contributed by atoms with van der Waals surface area (Å²) >= 11 is 1.01. The zero-order chi connectivity index (χ0) is 45.9. The van der Waals surface area contributed by atoms with E-state index in [2.05, 4.69) is 50.1 Å². The number of phosphoric ester groups is 2. The highest BCUT2D eigenvalue weighted by Gasteiger charge is 2.52. The van der Waals surface area contributed by atoms with Crippen LogP contribution in [0.15, 0.2) is 41.5 Å². The zero-order valence-corrected chi connectivity index (χ0v) is 37.3. The van der Waals surface area contributed by atoms with E-state index >= 15 is 0 Å². The van der Waals surface area contributed by atoms with Gasteiger partial charge in [-0.2, -0.15) is 19.3 Å². The summed E-state index contributed by atoms with van der Waals surface area (Å²) in [5.41, 5.74) is -0.120. The van der Waals surface area contributed by atoms with Crippen molar-refractivity contribution in [1.82, 2.24) is 39.3 Å². The molecule has 0 aliphatic carbocycles. The van der Waals surface area contributed by atoms with Gasteiger partial charge < -0.3 is 19.6 Å². The second kappa shape index (κ2) is 19.6. The number of carbonyl (C=O) groups excluding carboxylic acids is 2. The lowest BCUT2D eigenvalue weighted by Gasteiger charge is -2.27. The van der Waals surface area contributed by atoms with Crippen LogP contribution in [0.1, 0.15) is 61.2 Å². The lowest BCUT2D eigenvalue weighted by Crippen LogP contribution is -2.31. The van der Waals surface area contributed by atoms with E-state index in [1.807, 2.05) is 6.07 Å². The van der Waals surface area contributed by atoms with E-state index in [1.165, 1.54) is 6.33 Å². The summed E-state index contributed by atoms with van der Waals surface area (Å²) in [5.74, 6) is -2.19. The predicted octanol–water partition coefficient (Wildman–Crippen LogP) is 4.72. The number of nitrogens with zero attached hydrogens (tertiary/aromatic N) is 9. The average Bonchev–Trinajstić information content (AvgIpc) is 4.08. The zero-order valence-electron chi connectivity index (χ0n) is 34.7. The van der Waals surface area contributed by atoms with Gasteiger partial charge in [0, 0.05) is 23.8 Å². The van der Waals surface area contributed by atoms with Crippen LogP contribution in [0.4, 0.5) is 11.8 Å². The van der Waals surface area contributed by atoms with E-state index in [4.69, 9.17) is 43.2 Å². The number of phosphoric acid groups is 2. The summed E-state index contributed by atoms with van der Waals surface area (Å²) in [6.45, 7) is 10.2. The molecule has 2 unspecified atom stereocenters. The molecule has 25 nitrogen and oxygen atoms in total. The number of anilines is 2. The molecule has 0 saturated carbocycles. The van der Waals surface area contributed by atoms with Crippen molar-refractivity contribution < 1.29 is 55.3 Å². The van der Waals surface area contributed by atoms with Gasteiger partial charge in [-0.15, -0.1) is 5.10 Å². The number of H-pyrrole nitrogens is 1. The van der Waals surface area contributed by atoms with E-state index in [0.717, 1.165) is 16.2 Å². The Morgan fingerprint density at radius 2 is 1.78 bits per heavy atom. The molecule has 2 bridgehead atoms. The molecule has 3 aliphatic heterocycles. The largest absolute Gasteiger partial charge is 0.475 e. The molecule has 3 saturated heterocycles. The Kier molecular flexibility index (Phi) is 13.9. The number of benzene rings is 1. The Morgan fingerprint density at radius 1 is 1.03 bits per heavy atom. The highest BCUT2D eigenvalue weighted by molar-refractivity contribution is 7.48. The summed E-state index contributed by atoms with van der Waals surface area (Å²) < 4.78 is 83.3. The van der Waals surface area contributed by atoms with Gasteiger partial charge in [-0.25, -0.2) is 25.7 Å². The summed E-state index contributed by atoms with van der Waals surface area (Å²) in [4.78, 5) is 57.8. The van der Waals surface area contributed by atoms with Crippen molar-refractivity contribution in [3.05, 3.63) is 68.9 Å². The predicted molar refractivity (Wildman–Crippen MR) is 225 cm³/mol. The number of hydrogen-bond acceptors (Lipinski definition) is 21. The molecule has 65 heavy (non-hydrogen) atoms. The SMILES string of the molecule is [C-]#[N+]CCOP1(=O)OC[C@H]2O[C@@H](c3snc4c(NC(=O)c5ccccc5)ncnc34)C[C@@H]2OP(=O)(OCCC#N)OC[C@H]2O[C@@H](n3nnc4c(=O)[nH]c(NC(=O)C(C)C)nc43)[C@H](O1)[C@@H]2C. The normalized spacial score (nSPS) is 28.1. The number of nitrogens with one attached hydrogen (secondary N) is 3. The molecule has 3 aliphatic rings. The fourth-order valence-electron chi connectivity index (χ4n) is 6.96. The summed E-state index contributed by atoms with van der Waals surface area (Å²) in [6, 6.07) is 10.4. The highest BCUT2D eigenvalue weighted by Crippen LogP contribution is 2.59. The maximum Gasteiger partial charge on any atom is 0.475 e. The van der Waals surface area contributed by atoms with Gasteiger partial charge in [-0.05, 0) is 23.7 Å². The smallest absolute Gasteiger partial charge is 0.364 e. The van der Waals surface area contributed by atoms with Gasteiger partial charge in [0.1, 0.15) is 42.3 Å². The number of ether oxygens (including phenoxy) is 2. The summed E-state index contributed by atoms with van der Waals surface area (Å²) in [5, 5.41) is 22.6. The first-order valence-electron chi connectivity index (χ1n) is 20.1. The van der Waals surface area contributed by atoms with Crippen LogP contribution in [0.2, 0.25) is 0 Å². The molecule has 4 aromatic heterocycles. The van der Waals surface area contributed by atoms with Crippen LogP contribution in [-0.4, -0.2) is 109 Å². The molecule has 8 rings (SSSR count). The molecule has 28 heteroatoms. The Labute approximate surface area is 372 Å². The Bertz CT molecular complexity index is 2820. The van der Waals surface area contributed by atoms with Crippen molar-refractivity contribution in [3.8, 4) is 6.07 Å². The Hall–Kier alpha value is -5.47. The molecule has 5 aromatic rings. The van der Waals surface area contributed by atoms with E-state index < -0.39 is 94.8 Å². The van der Waals surface area contributed by atoms with Crippen LogP contribution in [0.3, 0.4) is 0 Å². The highest BCUT2D eigenvalue weighted by atomic mass is 32.1. The fourth-order valence-corrected chi connectivity index (χ4v) is 10.6. The molecule has 0 radical (unpaired) electrons. The third-order valence-corrected chi connectivity index (χ3v) is 14.2. The van der Waals surface area contributed by atoms with Crippen molar-refractivity contribution in [3.63, 3.8) is 0 Å². The topological polar surface area (TPSA) is 309 Å². The average molecular weight is 955 g/mol. The van der Waals surface area contributed by atoms with Crippen LogP contribution in [0.5, 0.6) is 0 Å². The van der Waals surface area contributed by atoms with Crippen molar-refractivity contribution >= 4 is 73.0 Å². The fraction of sp³-hybridized carbons (Fsp3) is 0.486. The number of hydrogen-bond donors (Lipinski definition) is 3. The Balaban J connectivity index is 1.12. The number of aromatic amines is 1. The minimum atomic E-state index is -4.72. The third-order valence-electron chi connectivity index (χ3n) is 10.3. The first-order valence-corrected chi connectivity index (χ1v) is 23.8. The van der Waals surface area contributed by atoms with Crippen LogP contribution >= 0.6 is 27.2 Å². The van der Waals surface area contributed by atoms with Gasteiger partial charge in [0.15, 0.2) is 23.2 Å². The Morgan fingerprint density at radius 3 is 2.54 bits per heavy atom. The number of fused-ring (bicyclic) bond motifs is 5. The number of carbonyl (C=O) groups is 2. The van der Waals surface area contributed by atoms with Crippen molar-refractivity contribution in [2.75, 3.05) is 43.6 Å². The van der Waals surface area contributed by atoms with E-state index in [1.54, 1.807) is 51.1 Å². The van der Waals surface area contributed by atoms with Crippen molar-refractivity contribution in [2.45, 2.75) is 70.4 Å². The monoisotopic (exact) mass is 954 g/mol. The maximum absolute atomic E-state index is 14.8. The summed E-state index contributed by atoms with van der Waals surface area (Å²) in [7, 11) is -9.33. The molecule has 7 heterocycles. The number of nitriles is 1. The van der Waals surface area contributed by atoms with Gasteiger partial charge in [-0.1, -0.05) is 44.2 Å². The van der Waals surface area contributed by atoms with Gasteiger partial charge in [-0.3, -0.25) is 51.8 Å². The van der Waals surface area contributed by atoms with Gasteiger partial charge >= 0.3 is 15.6 Å². The second-order valence-electron chi connectivity index (χ2n) is 15.0. The van der Waals surface area contributed by atoms with Gasteiger partial charge in [0.05, 0.1) is 49.4 Å². The molecular formula is C37H40N12O13P2S. The number of rotatable bonds is 12. The van der Waals surface area contributed by atoms with Gasteiger partial charge in [0.25, 0.3) is 11.5 Å². The van der Waals surface area contributed by atoms with Crippen molar-refractivity contribution in [2.24, 2.45) is 11.8 Å². The molecule has 9 atom stereocenters. The number of aromatic nitrogens is 8. The first-order chi connectivity index (χ1) is 31.3. The molecule has 3 N–H and O–H groups in total. The molecule has 3 fully saturated rings. The van der Waals surface area contributed by atoms with Crippen molar-refractivity contribution in [1.29, 1.82) is 5.26 Å².